The lowest BCUT2D eigenvalue weighted by molar-refractivity contribution is -0.139. The van der Waals surface area contributed by atoms with Crippen molar-refractivity contribution in [2.75, 3.05) is 13.2 Å². The number of alkyl carbamates (subject to hydrolysis) is 1. The maximum Gasteiger partial charge on any atom is 0.426 e. The molecule has 2 amide bonds. The van der Waals surface area contributed by atoms with Crippen LogP contribution in [0.4, 0.5) is 9.59 Å². The van der Waals surface area contributed by atoms with Crippen LogP contribution in [0, 0.1) is 20.8 Å². The summed E-state index contributed by atoms with van der Waals surface area (Å²) in [6.45, 7) is 14.1. The van der Waals surface area contributed by atoms with Crippen LogP contribution in [0.15, 0.2) is 58.4 Å². The third-order valence-corrected chi connectivity index (χ3v) is 10.9. The van der Waals surface area contributed by atoms with Gasteiger partial charge in [0, 0.05) is 24.4 Å². The number of nitrogens with zero attached hydrogens (tertiary/aromatic N) is 1. The lowest BCUT2D eigenvalue weighted by atomic mass is 9.94. The van der Waals surface area contributed by atoms with E-state index in [0.717, 1.165) is 27.8 Å². The Morgan fingerprint density at radius 3 is 2.15 bits per heavy atom. The number of carboxylic acid groups (broad SMARTS) is 1. The molecule has 1 atom stereocenters. The van der Waals surface area contributed by atoms with Crippen molar-refractivity contribution >= 4 is 34.1 Å². The van der Waals surface area contributed by atoms with Gasteiger partial charge in [0.2, 0.25) is 5.96 Å². The molecule has 14 nitrogen and oxygen atoms in total. The number of benzene rings is 3. The zero-order valence-corrected chi connectivity index (χ0v) is 32.7. The quantitative estimate of drug-likeness (QED) is 0.0734. The summed E-state index contributed by atoms with van der Waals surface area (Å²) in [5.74, 6) is -1.13. The molecular formula is C39H49N5O9S. The first kappa shape index (κ1) is 39.9. The van der Waals surface area contributed by atoms with Crippen molar-refractivity contribution < 1.29 is 42.1 Å². The van der Waals surface area contributed by atoms with E-state index in [1.165, 1.54) is 0 Å². The number of aliphatic imine (C=N–C) groups is 1. The Morgan fingerprint density at radius 1 is 0.944 bits per heavy atom. The maximum atomic E-state index is 14.0. The van der Waals surface area contributed by atoms with Crippen molar-refractivity contribution in [3.63, 3.8) is 0 Å². The highest BCUT2D eigenvalue weighted by atomic mass is 32.2. The molecule has 1 unspecified atom stereocenters. The number of nitrogens with one attached hydrogen (secondary N) is 4. The number of rotatable bonds is 10. The minimum atomic E-state index is -4.28. The Kier molecular flexibility index (Phi) is 11.5. The minimum Gasteiger partial charge on any atom is -0.487 e. The average molecular weight is 764 g/mol. The van der Waals surface area contributed by atoms with Crippen LogP contribution < -0.4 is 25.6 Å². The summed E-state index contributed by atoms with van der Waals surface area (Å²) in [5.41, 5.74) is 10.2. The molecular weight excluding hydrogens is 715 g/mol. The van der Waals surface area contributed by atoms with Gasteiger partial charge in [-0.25, -0.2) is 32.9 Å². The van der Waals surface area contributed by atoms with Gasteiger partial charge in [-0.2, -0.15) is 0 Å². The van der Waals surface area contributed by atoms with Crippen molar-refractivity contribution in [1.29, 1.82) is 0 Å². The van der Waals surface area contributed by atoms with E-state index in [-0.39, 0.29) is 42.8 Å². The summed E-state index contributed by atoms with van der Waals surface area (Å²) < 4.78 is 47.3. The molecule has 0 saturated heterocycles. The SMILES string of the molecule is Cc1c(C)c(S(=O)(=O)NC(=NCCCC(NC(=O)OCC2c3ccccc3-c3ccccc32)C(=O)O)NNC(=O)OC(C)(C)C)c(C)c2c1OC(C)(C)C2. The highest BCUT2D eigenvalue weighted by Crippen LogP contribution is 2.45. The number of aliphatic carboxylic acids is 1. The third kappa shape index (κ3) is 9.07. The van der Waals surface area contributed by atoms with Gasteiger partial charge in [0.25, 0.3) is 10.0 Å². The van der Waals surface area contributed by atoms with Crippen LogP contribution in [0.5, 0.6) is 5.75 Å². The summed E-state index contributed by atoms with van der Waals surface area (Å²) >= 11 is 0. The lowest BCUT2D eigenvalue weighted by Crippen LogP contribution is -2.51. The summed E-state index contributed by atoms with van der Waals surface area (Å²) in [6.07, 6.45) is -1.18. The Morgan fingerprint density at radius 2 is 1.56 bits per heavy atom. The third-order valence-electron chi connectivity index (χ3n) is 9.33. The molecule has 1 aliphatic heterocycles. The molecule has 0 aromatic heterocycles. The van der Waals surface area contributed by atoms with E-state index in [0.29, 0.717) is 28.9 Å². The molecule has 0 spiro atoms. The predicted molar refractivity (Wildman–Crippen MR) is 203 cm³/mol. The van der Waals surface area contributed by atoms with Crippen molar-refractivity contribution in [2.45, 2.75) is 103 Å². The van der Waals surface area contributed by atoms with Gasteiger partial charge in [0.05, 0.1) is 4.90 Å². The largest absolute Gasteiger partial charge is 0.487 e. The number of ether oxygens (including phenoxy) is 3. The van der Waals surface area contributed by atoms with Gasteiger partial charge in [0.1, 0.15) is 29.6 Å². The summed E-state index contributed by atoms with van der Waals surface area (Å²) in [5, 5.41) is 12.3. The first-order chi connectivity index (χ1) is 25.3. The summed E-state index contributed by atoms with van der Waals surface area (Å²) in [7, 11) is -4.28. The molecule has 3 aromatic carbocycles. The zero-order valence-electron chi connectivity index (χ0n) is 31.9. The Labute approximate surface area is 316 Å². The number of hydrogen-bond donors (Lipinski definition) is 5. The number of carbonyl (C=O) groups is 3. The number of hydrogen-bond acceptors (Lipinski definition) is 9. The maximum absolute atomic E-state index is 14.0. The molecule has 290 valence electrons. The molecule has 0 saturated carbocycles. The van der Waals surface area contributed by atoms with Gasteiger partial charge in [-0.15, -0.1) is 0 Å². The number of carboxylic acids is 1. The van der Waals surface area contributed by atoms with E-state index >= 15 is 0 Å². The van der Waals surface area contributed by atoms with Crippen LogP contribution in [0.2, 0.25) is 0 Å². The molecule has 1 aliphatic carbocycles. The van der Waals surface area contributed by atoms with Gasteiger partial charge < -0.3 is 24.6 Å². The van der Waals surface area contributed by atoms with Crippen LogP contribution >= 0.6 is 0 Å². The number of amides is 2. The average Bonchev–Trinajstić information content (AvgIpc) is 3.59. The number of fused-ring (bicyclic) bond motifs is 4. The second-order valence-corrected chi connectivity index (χ2v) is 16.8. The Hall–Kier alpha value is -5.31. The topological polar surface area (TPSA) is 194 Å². The monoisotopic (exact) mass is 763 g/mol. The van der Waals surface area contributed by atoms with Gasteiger partial charge in [-0.3, -0.25) is 10.4 Å². The molecule has 0 radical (unpaired) electrons. The van der Waals surface area contributed by atoms with E-state index in [2.05, 4.69) is 25.9 Å². The molecule has 54 heavy (non-hydrogen) atoms. The normalized spacial score (nSPS) is 15.2. The Balaban J connectivity index is 1.26. The summed E-state index contributed by atoms with van der Waals surface area (Å²) in [6, 6.07) is 14.4. The van der Waals surface area contributed by atoms with Crippen LogP contribution in [-0.4, -0.2) is 68.0 Å². The second-order valence-electron chi connectivity index (χ2n) is 15.1. The molecule has 5 rings (SSSR count). The van der Waals surface area contributed by atoms with Gasteiger partial charge >= 0.3 is 18.2 Å². The zero-order chi connectivity index (χ0) is 39.6. The number of hydrazine groups is 1. The molecule has 15 heteroatoms. The predicted octanol–water partition coefficient (Wildman–Crippen LogP) is 5.76. The van der Waals surface area contributed by atoms with Gasteiger partial charge in [-0.05, 0) is 107 Å². The van der Waals surface area contributed by atoms with Gasteiger partial charge in [0.15, 0.2) is 0 Å². The van der Waals surface area contributed by atoms with E-state index in [1.807, 2.05) is 62.4 Å². The van der Waals surface area contributed by atoms with E-state index < -0.39 is 45.4 Å². The fourth-order valence-electron chi connectivity index (χ4n) is 6.86. The molecule has 2 aliphatic rings. The first-order valence-electron chi connectivity index (χ1n) is 17.8. The molecule has 5 N–H and O–H groups in total. The van der Waals surface area contributed by atoms with Gasteiger partial charge in [-0.1, -0.05) is 48.5 Å². The lowest BCUT2D eigenvalue weighted by Gasteiger charge is -2.22. The molecule has 0 bridgehead atoms. The fraction of sp³-hybridized carbons (Fsp3) is 0.436. The van der Waals surface area contributed by atoms with Crippen LogP contribution in [0.25, 0.3) is 11.1 Å². The number of sulfonamides is 1. The highest BCUT2D eigenvalue weighted by Gasteiger charge is 2.37. The van der Waals surface area contributed by atoms with Crippen molar-refractivity contribution in [1.82, 2.24) is 20.9 Å². The van der Waals surface area contributed by atoms with E-state index in [4.69, 9.17) is 14.2 Å². The van der Waals surface area contributed by atoms with Crippen LogP contribution in [-0.2, 0) is 30.7 Å². The fourth-order valence-corrected chi connectivity index (χ4v) is 8.42. The minimum absolute atomic E-state index is 0.0177. The van der Waals surface area contributed by atoms with E-state index in [1.54, 1.807) is 41.5 Å². The molecule has 3 aromatic rings. The van der Waals surface area contributed by atoms with Crippen molar-refractivity contribution in [3.8, 4) is 16.9 Å². The van der Waals surface area contributed by atoms with E-state index in [9.17, 15) is 27.9 Å². The molecule has 0 fully saturated rings. The number of guanidine groups is 1. The van der Waals surface area contributed by atoms with Crippen molar-refractivity contribution in [3.05, 3.63) is 81.9 Å². The van der Waals surface area contributed by atoms with Crippen LogP contribution in [0.1, 0.15) is 86.8 Å². The molecule has 1 heterocycles. The standard InChI is InChI=1S/C39H49N5O9S/c1-22-23(2)33(24(3)29-20-39(7,8)52-32(22)29)54(49,50)44-35(42-43-37(48)53-38(4,5)6)40-19-13-18-31(34(45)46)41-36(47)51-21-30-27-16-11-9-14-25(27)26-15-10-12-17-28(26)30/h9-12,14-17,30-31H,13,18-21H2,1-8H3,(H,41,47)(H,43,48)(H,45,46)(H2,40,42,44). The van der Waals surface area contributed by atoms with Crippen LogP contribution in [0.3, 0.4) is 0 Å². The smallest absolute Gasteiger partial charge is 0.426 e. The summed E-state index contributed by atoms with van der Waals surface area (Å²) in [4.78, 5) is 41.8. The first-order valence-corrected chi connectivity index (χ1v) is 19.2. The second kappa shape index (κ2) is 15.6. The Bertz CT molecular complexity index is 2040. The number of carbonyl (C=O) groups excluding carboxylic acids is 2. The highest BCUT2D eigenvalue weighted by molar-refractivity contribution is 7.90. The van der Waals surface area contributed by atoms with Crippen molar-refractivity contribution in [2.24, 2.45) is 4.99 Å².